The Morgan fingerprint density at radius 3 is 2.65 bits per heavy atom. The lowest BCUT2D eigenvalue weighted by atomic mass is 10.2. The number of hydrogen-bond donors (Lipinski definition) is 2. The van der Waals surface area contributed by atoms with Gasteiger partial charge in [-0.25, -0.2) is 0 Å². The third-order valence-corrected chi connectivity index (χ3v) is 4.63. The minimum Gasteiger partial charge on any atom is -0.490 e. The number of amides is 1. The predicted octanol–water partition coefficient (Wildman–Crippen LogP) is 4.56. The number of methoxy groups -OCH3 is 1. The van der Waals surface area contributed by atoms with Gasteiger partial charge in [0.05, 0.1) is 11.1 Å². The fraction of sp³-hybridized carbons (Fsp3) is 0.222. The van der Waals surface area contributed by atoms with Gasteiger partial charge in [-0.05, 0) is 71.0 Å². The van der Waals surface area contributed by atoms with E-state index >= 15 is 0 Å². The number of carbonyl (C=O) groups excluding carboxylic acids is 1. The second-order valence-corrected chi connectivity index (χ2v) is 7.03. The van der Waals surface area contributed by atoms with E-state index in [0.29, 0.717) is 39.7 Å². The molecule has 0 saturated heterocycles. The molecule has 2 aromatic rings. The fourth-order valence-corrected chi connectivity index (χ4v) is 2.89. The molecule has 0 aromatic heterocycles. The van der Waals surface area contributed by atoms with E-state index in [9.17, 15) is 4.79 Å². The first-order valence-corrected chi connectivity index (χ1v) is 9.28. The van der Waals surface area contributed by atoms with E-state index in [2.05, 4.69) is 26.6 Å². The van der Waals surface area contributed by atoms with E-state index in [4.69, 9.17) is 33.3 Å². The van der Waals surface area contributed by atoms with E-state index < -0.39 is 0 Å². The number of ether oxygens (including phenoxy) is 2. The molecule has 138 valence electrons. The van der Waals surface area contributed by atoms with Crippen molar-refractivity contribution in [2.45, 2.75) is 6.92 Å². The Balaban J connectivity index is 1.96. The number of benzene rings is 2. The quantitative estimate of drug-likeness (QED) is 0.492. The standard InChI is InChI=1S/C18H18BrClN2O3S/c1-11-3-5-13(10-15(11)20)21-18(26)22-17(23)12-4-6-16(14(19)9-12)25-8-7-24-2/h3-6,9-10H,7-8H2,1-2H3,(H2,21,22,23,26). The molecule has 0 atom stereocenters. The monoisotopic (exact) mass is 456 g/mol. The topological polar surface area (TPSA) is 59.6 Å². The molecule has 2 N–H and O–H groups in total. The molecule has 1 amide bonds. The lowest BCUT2D eigenvalue weighted by Crippen LogP contribution is -2.34. The van der Waals surface area contributed by atoms with Crippen LogP contribution in [0.2, 0.25) is 5.02 Å². The molecule has 5 nitrogen and oxygen atoms in total. The number of anilines is 1. The Morgan fingerprint density at radius 1 is 1.23 bits per heavy atom. The second-order valence-electron chi connectivity index (χ2n) is 5.36. The van der Waals surface area contributed by atoms with Gasteiger partial charge in [-0.3, -0.25) is 10.1 Å². The molecule has 2 rings (SSSR count). The summed E-state index contributed by atoms with van der Waals surface area (Å²) in [6, 6.07) is 10.5. The molecule has 0 aliphatic carbocycles. The van der Waals surface area contributed by atoms with Crippen LogP contribution in [-0.2, 0) is 4.74 Å². The zero-order chi connectivity index (χ0) is 19.1. The van der Waals surface area contributed by atoms with Crippen LogP contribution in [0.25, 0.3) is 0 Å². The van der Waals surface area contributed by atoms with E-state index in [1.54, 1.807) is 31.4 Å². The van der Waals surface area contributed by atoms with Gasteiger partial charge in [-0.2, -0.15) is 0 Å². The highest BCUT2D eigenvalue weighted by atomic mass is 79.9. The molecule has 26 heavy (non-hydrogen) atoms. The lowest BCUT2D eigenvalue weighted by molar-refractivity contribution is 0.0977. The lowest BCUT2D eigenvalue weighted by Gasteiger charge is -2.12. The van der Waals surface area contributed by atoms with Crippen molar-refractivity contribution in [3.05, 3.63) is 57.0 Å². The molecule has 0 unspecified atom stereocenters. The highest BCUT2D eigenvalue weighted by Gasteiger charge is 2.11. The van der Waals surface area contributed by atoms with E-state index in [1.807, 2.05) is 19.1 Å². The van der Waals surface area contributed by atoms with Crippen LogP contribution in [0.4, 0.5) is 5.69 Å². The van der Waals surface area contributed by atoms with Crippen molar-refractivity contribution in [1.82, 2.24) is 5.32 Å². The van der Waals surface area contributed by atoms with Gasteiger partial charge >= 0.3 is 0 Å². The van der Waals surface area contributed by atoms with Gasteiger partial charge in [0.15, 0.2) is 5.11 Å². The zero-order valence-electron chi connectivity index (χ0n) is 14.3. The number of nitrogens with one attached hydrogen (secondary N) is 2. The molecule has 0 aliphatic heterocycles. The molecule has 8 heteroatoms. The van der Waals surface area contributed by atoms with Crippen molar-refractivity contribution >= 4 is 56.5 Å². The van der Waals surface area contributed by atoms with Crippen molar-refractivity contribution in [3.8, 4) is 5.75 Å². The van der Waals surface area contributed by atoms with E-state index in [-0.39, 0.29) is 11.0 Å². The molecule has 0 aliphatic rings. The first-order chi connectivity index (χ1) is 12.4. The van der Waals surface area contributed by atoms with Crippen LogP contribution < -0.4 is 15.4 Å². The van der Waals surface area contributed by atoms with Crippen molar-refractivity contribution in [2.75, 3.05) is 25.6 Å². The number of hydrogen-bond acceptors (Lipinski definition) is 4. The normalized spacial score (nSPS) is 10.3. The summed E-state index contributed by atoms with van der Waals surface area (Å²) >= 11 is 14.7. The first-order valence-electron chi connectivity index (χ1n) is 7.70. The summed E-state index contributed by atoms with van der Waals surface area (Å²) < 4.78 is 11.1. The summed E-state index contributed by atoms with van der Waals surface area (Å²) in [6.45, 7) is 2.82. The number of halogens is 2. The number of carbonyl (C=O) groups is 1. The van der Waals surface area contributed by atoms with Crippen molar-refractivity contribution in [2.24, 2.45) is 0 Å². The molecule has 0 bridgehead atoms. The molecule has 0 heterocycles. The maximum Gasteiger partial charge on any atom is 0.257 e. The predicted molar refractivity (Wildman–Crippen MR) is 111 cm³/mol. The highest BCUT2D eigenvalue weighted by molar-refractivity contribution is 9.10. The fourth-order valence-electron chi connectivity index (χ4n) is 2.00. The Bertz CT molecular complexity index is 817. The van der Waals surface area contributed by atoms with Gasteiger partial charge in [-0.1, -0.05) is 17.7 Å². The van der Waals surface area contributed by atoms with E-state index in [0.717, 1.165) is 5.56 Å². The smallest absolute Gasteiger partial charge is 0.257 e. The summed E-state index contributed by atoms with van der Waals surface area (Å²) in [5.74, 6) is 0.304. The van der Waals surface area contributed by atoms with Gasteiger partial charge in [0.2, 0.25) is 0 Å². The summed E-state index contributed by atoms with van der Waals surface area (Å²) in [5, 5.41) is 6.38. The van der Waals surface area contributed by atoms with Crippen LogP contribution in [0.5, 0.6) is 5.75 Å². The largest absolute Gasteiger partial charge is 0.490 e. The number of rotatable bonds is 6. The highest BCUT2D eigenvalue weighted by Crippen LogP contribution is 2.26. The van der Waals surface area contributed by atoms with Gasteiger partial charge in [0, 0.05) is 23.4 Å². The third kappa shape index (κ3) is 5.95. The number of thiocarbonyl (C=S) groups is 1. The Hall–Kier alpha value is -1.67. The molecular formula is C18H18BrClN2O3S. The Morgan fingerprint density at radius 2 is 2.00 bits per heavy atom. The molecule has 2 aromatic carbocycles. The minimum absolute atomic E-state index is 0.187. The van der Waals surface area contributed by atoms with Crippen LogP contribution in [0.15, 0.2) is 40.9 Å². The van der Waals surface area contributed by atoms with Crippen LogP contribution >= 0.6 is 39.7 Å². The van der Waals surface area contributed by atoms with Crippen molar-refractivity contribution < 1.29 is 14.3 Å². The maximum absolute atomic E-state index is 12.3. The van der Waals surface area contributed by atoms with Crippen molar-refractivity contribution in [3.63, 3.8) is 0 Å². The molecule has 0 saturated carbocycles. The third-order valence-electron chi connectivity index (χ3n) is 3.40. The summed E-state index contributed by atoms with van der Waals surface area (Å²) in [7, 11) is 1.60. The van der Waals surface area contributed by atoms with Crippen LogP contribution in [0.1, 0.15) is 15.9 Å². The summed E-state index contributed by atoms with van der Waals surface area (Å²) in [6.07, 6.45) is 0. The van der Waals surface area contributed by atoms with Gasteiger partial charge in [0.1, 0.15) is 12.4 Å². The van der Waals surface area contributed by atoms with Gasteiger partial charge in [-0.15, -0.1) is 0 Å². The van der Waals surface area contributed by atoms with E-state index in [1.165, 1.54) is 0 Å². The van der Waals surface area contributed by atoms with Crippen molar-refractivity contribution in [1.29, 1.82) is 0 Å². The molecular weight excluding hydrogens is 440 g/mol. The Labute approximate surface area is 171 Å². The van der Waals surface area contributed by atoms with Crippen LogP contribution in [0, 0.1) is 6.92 Å². The summed E-state index contributed by atoms with van der Waals surface area (Å²) in [5.41, 5.74) is 2.11. The van der Waals surface area contributed by atoms with Crippen LogP contribution in [0.3, 0.4) is 0 Å². The zero-order valence-corrected chi connectivity index (χ0v) is 17.4. The maximum atomic E-state index is 12.3. The first kappa shape index (κ1) is 20.6. The average Bonchev–Trinajstić information content (AvgIpc) is 2.59. The Kier molecular flexibility index (Phi) is 7.84. The molecule has 0 radical (unpaired) electrons. The SMILES string of the molecule is COCCOc1ccc(C(=O)NC(=S)Nc2ccc(C)c(Cl)c2)cc1Br. The van der Waals surface area contributed by atoms with Gasteiger partial charge in [0.25, 0.3) is 5.91 Å². The summed E-state index contributed by atoms with van der Waals surface area (Å²) in [4.78, 5) is 12.3. The molecule has 0 fully saturated rings. The van der Waals surface area contributed by atoms with Crippen LogP contribution in [-0.4, -0.2) is 31.3 Å². The number of aryl methyl sites for hydroxylation is 1. The minimum atomic E-state index is -0.329. The van der Waals surface area contributed by atoms with Gasteiger partial charge < -0.3 is 14.8 Å². The second kappa shape index (κ2) is 9.87. The average molecular weight is 458 g/mol. The molecule has 0 spiro atoms.